The predicted molar refractivity (Wildman–Crippen MR) is 75.1 cm³/mol. The Morgan fingerprint density at radius 3 is 1.95 bits per heavy atom. The Balaban J connectivity index is 1.76. The summed E-state index contributed by atoms with van der Waals surface area (Å²) < 4.78 is 22.7. The van der Waals surface area contributed by atoms with Gasteiger partial charge in [-0.2, -0.15) is 0 Å². The van der Waals surface area contributed by atoms with Crippen molar-refractivity contribution in [1.29, 1.82) is 0 Å². The molecule has 19 heavy (non-hydrogen) atoms. The van der Waals surface area contributed by atoms with E-state index < -0.39 is 8.56 Å². The van der Waals surface area contributed by atoms with Crippen molar-refractivity contribution < 1.29 is 18.3 Å². The van der Waals surface area contributed by atoms with Gasteiger partial charge in [-0.05, 0) is 32.4 Å². The lowest BCUT2D eigenvalue weighted by Crippen LogP contribution is -2.42. The van der Waals surface area contributed by atoms with Crippen LogP contribution in [-0.2, 0) is 18.3 Å². The summed E-state index contributed by atoms with van der Waals surface area (Å²) >= 11 is 0. The van der Waals surface area contributed by atoms with E-state index in [4.69, 9.17) is 18.3 Å². The number of hydrogen-bond acceptors (Lipinski definition) is 5. The maximum absolute atomic E-state index is 5.99. The molecule has 2 heterocycles. The maximum atomic E-state index is 5.99. The fraction of sp³-hybridized carbons (Fsp3) is 1.00. The van der Waals surface area contributed by atoms with E-state index in [-0.39, 0.29) is 0 Å². The van der Waals surface area contributed by atoms with Gasteiger partial charge >= 0.3 is 8.56 Å². The van der Waals surface area contributed by atoms with Gasteiger partial charge in [0.05, 0.1) is 13.2 Å². The molecule has 0 bridgehead atoms. The minimum Gasteiger partial charge on any atom is -0.394 e. The van der Waals surface area contributed by atoms with Gasteiger partial charge in [-0.3, -0.25) is 0 Å². The lowest BCUT2D eigenvalue weighted by Gasteiger charge is -2.29. The Bertz CT molecular complexity index is 253. The summed E-state index contributed by atoms with van der Waals surface area (Å²) in [6.45, 7) is 10.5. The van der Waals surface area contributed by atoms with E-state index in [9.17, 15) is 0 Å². The Hall–Kier alpha value is 0.0169. The highest BCUT2D eigenvalue weighted by molar-refractivity contribution is 6.67. The first-order valence-corrected chi connectivity index (χ1v) is 9.74. The second-order valence-corrected chi connectivity index (χ2v) is 8.65. The number of hydrogen-bond donors (Lipinski definition) is 0. The van der Waals surface area contributed by atoms with E-state index >= 15 is 0 Å². The summed E-state index contributed by atoms with van der Waals surface area (Å²) in [6.07, 6.45) is 1.69. The number of rotatable bonds is 11. The molecule has 2 atom stereocenters. The normalized spacial score (nSPS) is 25.9. The standard InChI is InChI=1S/C13H27NO4Si/c1-4-17-19(6-3,18-5-2)9-7-8-14(12-10-15-12)13-11-16-13/h12-13H,4-11H2,1-3H3. The SMILES string of the molecule is CCO[Si](CC)(CCCN(C1CO1)C1CO1)OCC. The fourth-order valence-corrected chi connectivity index (χ4v) is 5.45. The average molecular weight is 289 g/mol. The molecule has 2 fully saturated rings. The monoisotopic (exact) mass is 289 g/mol. The first-order valence-electron chi connectivity index (χ1n) is 7.51. The summed E-state index contributed by atoms with van der Waals surface area (Å²) in [5.74, 6) is 0. The van der Waals surface area contributed by atoms with Crippen molar-refractivity contribution in [1.82, 2.24) is 4.90 Å². The van der Waals surface area contributed by atoms with Gasteiger partial charge in [0.1, 0.15) is 12.5 Å². The van der Waals surface area contributed by atoms with Gasteiger partial charge in [0.2, 0.25) is 0 Å². The number of nitrogens with zero attached hydrogens (tertiary/aromatic N) is 1. The van der Waals surface area contributed by atoms with Crippen LogP contribution in [-0.4, -0.2) is 58.9 Å². The molecular weight excluding hydrogens is 262 g/mol. The van der Waals surface area contributed by atoms with Crippen LogP contribution in [0.3, 0.4) is 0 Å². The molecule has 0 saturated carbocycles. The lowest BCUT2D eigenvalue weighted by atomic mass is 10.4. The molecule has 0 radical (unpaired) electrons. The predicted octanol–water partition coefficient (Wildman–Crippen LogP) is 1.93. The van der Waals surface area contributed by atoms with E-state index in [0.717, 1.165) is 51.5 Å². The molecule has 0 aromatic carbocycles. The van der Waals surface area contributed by atoms with Gasteiger partial charge in [0.15, 0.2) is 0 Å². The van der Waals surface area contributed by atoms with E-state index in [1.54, 1.807) is 0 Å². The van der Waals surface area contributed by atoms with Crippen LogP contribution in [0.25, 0.3) is 0 Å². The average Bonchev–Trinajstić information content (AvgIpc) is 3.28. The number of ether oxygens (including phenoxy) is 2. The number of epoxide rings is 2. The quantitative estimate of drug-likeness (QED) is 0.429. The van der Waals surface area contributed by atoms with Gasteiger partial charge in [0, 0.05) is 19.8 Å². The van der Waals surface area contributed by atoms with Gasteiger partial charge in [-0.15, -0.1) is 0 Å². The van der Waals surface area contributed by atoms with Crippen molar-refractivity contribution in [3.05, 3.63) is 0 Å². The molecule has 2 aliphatic heterocycles. The third kappa shape index (κ3) is 4.51. The zero-order valence-corrected chi connectivity index (χ0v) is 13.4. The van der Waals surface area contributed by atoms with Crippen molar-refractivity contribution >= 4 is 8.56 Å². The van der Waals surface area contributed by atoms with E-state index in [1.807, 2.05) is 0 Å². The topological polar surface area (TPSA) is 46.8 Å². The Morgan fingerprint density at radius 2 is 1.58 bits per heavy atom. The molecule has 0 aliphatic carbocycles. The summed E-state index contributed by atoms with van der Waals surface area (Å²) in [4.78, 5) is 2.33. The van der Waals surface area contributed by atoms with Crippen molar-refractivity contribution in [2.24, 2.45) is 0 Å². The third-order valence-electron chi connectivity index (χ3n) is 3.70. The van der Waals surface area contributed by atoms with Crippen LogP contribution in [0.4, 0.5) is 0 Å². The van der Waals surface area contributed by atoms with Crippen molar-refractivity contribution in [2.45, 2.75) is 51.7 Å². The molecule has 2 aliphatic rings. The molecular formula is C13H27NO4Si. The summed E-state index contributed by atoms with van der Waals surface area (Å²) in [5.41, 5.74) is 0. The van der Waals surface area contributed by atoms with Gasteiger partial charge in [0.25, 0.3) is 0 Å². The minimum atomic E-state index is -1.97. The van der Waals surface area contributed by atoms with E-state index in [2.05, 4.69) is 25.7 Å². The highest BCUT2D eigenvalue weighted by Gasteiger charge is 2.42. The molecule has 0 aromatic rings. The van der Waals surface area contributed by atoms with Gasteiger partial charge in [-0.25, -0.2) is 4.90 Å². The smallest absolute Gasteiger partial charge is 0.337 e. The molecule has 0 amide bonds. The van der Waals surface area contributed by atoms with Crippen LogP contribution in [0.5, 0.6) is 0 Å². The van der Waals surface area contributed by atoms with Gasteiger partial charge < -0.3 is 18.3 Å². The molecule has 0 spiro atoms. The van der Waals surface area contributed by atoms with Crippen molar-refractivity contribution in [3.8, 4) is 0 Å². The first kappa shape index (κ1) is 15.4. The van der Waals surface area contributed by atoms with Crippen molar-refractivity contribution in [2.75, 3.05) is 33.0 Å². The highest BCUT2D eigenvalue weighted by Crippen LogP contribution is 2.27. The van der Waals surface area contributed by atoms with Crippen LogP contribution in [0.1, 0.15) is 27.2 Å². The maximum Gasteiger partial charge on any atom is 0.337 e. The van der Waals surface area contributed by atoms with Crippen LogP contribution in [0, 0.1) is 0 Å². The van der Waals surface area contributed by atoms with Gasteiger partial charge in [-0.1, -0.05) is 6.92 Å². The second kappa shape index (κ2) is 7.15. The van der Waals surface area contributed by atoms with Crippen LogP contribution < -0.4 is 0 Å². The molecule has 2 saturated heterocycles. The van der Waals surface area contributed by atoms with Crippen LogP contribution in [0.15, 0.2) is 0 Å². The summed E-state index contributed by atoms with van der Waals surface area (Å²) in [6, 6.07) is 2.08. The Labute approximate surface area is 117 Å². The Kier molecular flexibility index (Phi) is 5.80. The largest absolute Gasteiger partial charge is 0.394 e. The van der Waals surface area contributed by atoms with Crippen molar-refractivity contribution in [3.63, 3.8) is 0 Å². The zero-order chi connectivity index (χ0) is 13.7. The molecule has 6 heteroatoms. The molecule has 2 rings (SSSR count). The lowest BCUT2D eigenvalue weighted by molar-refractivity contribution is 0.111. The van der Waals surface area contributed by atoms with Crippen LogP contribution in [0.2, 0.25) is 12.1 Å². The molecule has 2 unspecified atom stereocenters. The Morgan fingerprint density at radius 1 is 1.05 bits per heavy atom. The zero-order valence-electron chi connectivity index (χ0n) is 12.4. The minimum absolute atomic E-state index is 0.296. The van der Waals surface area contributed by atoms with Crippen LogP contribution >= 0.6 is 0 Å². The molecule has 112 valence electrons. The summed E-state index contributed by atoms with van der Waals surface area (Å²) in [5, 5.41) is 0. The second-order valence-electron chi connectivity index (χ2n) is 5.05. The summed E-state index contributed by atoms with van der Waals surface area (Å²) in [7, 11) is -1.97. The third-order valence-corrected chi connectivity index (χ3v) is 7.52. The molecule has 0 aromatic heterocycles. The highest BCUT2D eigenvalue weighted by atomic mass is 28.4. The first-order chi connectivity index (χ1) is 9.24. The van der Waals surface area contributed by atoms with E-state index in [1.165, 1.54) is 0 Å². The molecule has 5 nitrogen and oxygen atoms in total. The molecule has 0 N–H and O–H groups in total. The van der Waals surface area contributed by atoms with E-state index in [0.29, 0.717) is 12.5 Å². The fourth-order valence-electron chi connectivity index (χ4n) is 2.57.